The van der Waals surface area contributed by atoms with Crippen LogP contribution in [0.3, 0.4) is 0 Å². The Labute approximate surface area is 74.9 Å². The summed E-state index contributed by atoms with van der Waals surface area (Å²) in [4.78, 5) is 0. The van der Waals surface area contributed by atoms with Crippen LogP contribution in [-0.4, -0.2) is 24.9 Å². The summed E-state index contributed by atoms with van der Waals surface area (Å²) in [7, 11) is 1.74. The molecule has 0 heterocycles. The van der Waals surface area contributed by atoms with Gasteiger partial charge in [-0.05, 0) is 31.6 Å². The number of hydrogen-bond acceptors (Lipinski definition) is 2. The van der Waals surface area contributed by atoms with Crippen LogP contribution in [0.25, 0.3) is 0 Å². The van der Waals surface area contributed by atoms with Crippen molar-refractivity contribution >= 4 is 0 Å². The second-order valence-corrected chi connectivity index (χ2v) is 3.75. The Bertz CT molecular complexity index is 110. The van der Waals surface area contributed by atoms with Crippen molar-refractivity contribution in [2.24, 2.45) is 5.92 Å². The third-order valence-electron chi connectivity index (χ3n) is 2.51. The average molecular weight is 172 g/mol. The molecule has 1 saturated carbocycles. The van der Waals surface area contributed by atoms with E-state index in [4.69, 9.17) is 4.74 Å². The van der Waals surface area contributed by atoms with Crippen LogP contribution in [-0.2, 0) is 4.74 Å². The number of rotatable bonds is 7. The van der Waals surface area contributed by atoms with Crippen molar-refractivity contribution in [3.63, 3.8) is 0 Å². The van der Waals surface area contributed by atoms with E-state index in [1.54, 1.807) is 7.11 Å². The molecule has 0 aromatic carbocycles. The summed E-state index contributed by atoms with van der Waals surface area (Å²) in [6.07, 6.45) is 6.96. The van der Waals surface area contributed by atoms with Gasteiger partial charge < -0.3 is 9.84 Å². The van der Waals surface area contributed by atoms with E-state index < -0.39 is 0 Å². The molecule has 1 aliphatic carbocycles. The summed E-state index contributed by atoms with van der Waals surface area (Å²) in [5.41, 5.74) is 0. The van der Waals surface area contributed by atoms with Crippen molar-refractivity contribution in [1.29, 1.82) is 0 Å². The number of unbranched alkanes of at least 4 members (excludes halogenated alkanes) is 2. The van der Waals surface area contributed by atoms with Gasteiger partial charge in [-0.1, -0.05) is 12.8 Å². The summed E-state index contributed by atoms with van der Waals surface area (Å²) in [5.74, 6) is 0.646. The lowest BCUT2D eigenvalue weighted by atomic mass is 10.1. The minimum absolute atomic E-state index is 0.00690. The highest BCUT2D eigenvalue weighted by atomic mass is 16.5. The van der Waals surface area contributed by atoms with E-state index in [9.17, 15) is 5.11 Å². The molecular weight excluding hydrogens is 152 g/mol. The highest BCUT2D eigenvalue weighted by Crippen LogP contribution is 2.34. The minimum atomic E-state index is -0.00690. The number of hydrogen-bond donors (Lipinski definition) is 1. The normalized spacial score (nSPS) is 19.5. The molecule has 1 atom stereocenters. The van der Waals surface area contributed by atoms with Gasteiger partial charge in [0, 0.05) is 13.7 Å². The third-order valence-corrected chi connectivity index (χ3v) is 2.51. The fourth-order valence-corrected chi connectivity index (χ4v) is 1.49. The van der Waals surface area contributed by atoms with Crippen LogP contribution in [0.1, 0.15) is 38.5 Å². The monoisotopic (exact) mass is 172 g/mol. The van der Waals surface area contributed by atoms with Gasteiger partial charge in [0.15, 0.2) is 0 Å². The number of ether oxygens (including phenoxy) is 1. The Hall–Kier alpha value is -0.0800. The zero-order valence-electron chi connectivity index (χ0n) is 7.96. The molecule has 1 unspecified atom stereocenters. The quantitative estimate of drug-likeness (QED) is 0.595. The van der Waals surface area contributed by atoms with Crippen LogP contribution in [0.5, 0.6) is 0 Å². The van der Waals surface area contributed by atoms with Gasteiger partial charge in [-0.25, -0.2) is 0 Å². The fraction of sp³-hybridized carbons (Fsp3) is 1.00. The van der Waals surface area contributed by atoms with Gasteiger partial charge >= 0.3 is 0 Å². The Balaban J connectivity index is 1.81. The lowest BCUT2D eigenvalue weighted by Crippen LogP contribution is -2.08. The molecule has 0 bridgehead atoms. The lowest BCUT2D eigenvalue weighted by molar-refractivity contribution is 0.135. The maximum absolute atomic E-state index is 9.51. The Morgan fingerprint density at radius 3 is 2.67 bits per heavy atom. The molecule has 0 aromatic heterocycles. The van der Waals surface area contributed by atoms with Gasteiger partial charge in [-0.2, -0.15) is 0 Å². The van der Waals surface area contributed by atoms with Crippen molar-refractivity contribution in [1.82, 2.24) is 0 Å². The first-order chi connectivity index (χ1) is 5.84. The largest absolute Gasteiger partial charge is 0.393 e. The first-order valence-corrected chi connectivity index (χ1v) is 5.01. The van der Waals surface area contributed by atoms with Crippen LogP contribution in [0.15, 0.2) is 0 Å². The molecule has 0 amide bonds. The van der Waals surface area contributed by atoms with E-state index in [1.165, 1.54) is 19.3 Å². The van der Waals surface area contributed by atoms with Crippen LogP contribution in [0.2, 0.25) is 0 Å². The van der Waals surface area contributed by atoms with Gasteiger partial charge in [0.05, 0.1) is 6.10 Å². The molecule has 2 nitrogen and oxygen atoms in total. The van der Waals surface area contributed by atoms with Gasteiger partial charge in [-0.15, -0.1) is 0 Å². The van der Waals surface area contributed by atoms with Crippen molar-refractivity contribution in [3.05, 3.63) is 0 Å². The molecule has 1 aliphatic rings. The minimum Gasteiger partial charge on any atom is -0.393 e. The number of aliphatic hydroxyl groups excluding tert-OH is 1. The Morgan fingerprint density at radius 2 is 2.08 bits per heavy atom. The summed E-state index contributed by atoms with van der Waals surface area (Å²) in [6.45, 7) is 0.861. The van der Waals surface area contributed by atoms with Crippen LogP contribution in [0.4, 0.5) is 0 Å². The molecule has 1 fully saturated rings. The predicted octanol–water partition coefficient (Wildman–Crippen LogP) is 1.96. The zero-order valence-corrected chi connectivity index (χ0v) is 7.96. The SMILES string of the molecule is COCCCCCC(O)C1CC1. The molecule has 12 heavy (non-hydrogen) atoms. The lowest BCUT2D eigenvalue weighted by Gasteiger charge is -2.07. The van der Waals surface area contributed by atoms with E-state index in [0.717, 1.165) is 25.9 Å². The second kappa shape index (κ2) is 5.55. The predicted molar refractivity (Wildman–Crippen MR) is 49.1 cm³/mol. The summed E-state index contributed by atoms with van der Waals surface area (Å²) < 4.78 is 4.95. The molecule has 0 radical (unpaired) electrons. The highest BCUT2D eigenvalue weighted by Gasteiger charge is 2.28. The van der Waals surface area contributed by atoms with Crippen LogP contribution in [0, 0.1) is 5.92 Å². The standard InChI is InChI=1S/C10H20O2/c1-12-8-4-2-3-5-10(11)9-6-7-9/h9-11H,2-8H2,1H3. The van der Waals surface area contributed by atoms with Gasteiger partial charge in [-0.3, -0.25) is 0 Å². The molecular formula is C10H20O2. The van der Waals surface area contributed by atoms with Crippen molar-refractivity contribution in [3.8, 4) is 0 Å². The van der Waals surface area contributed by atoms with Gasteiger partial charge in [0.25, 0.3) is 0 Å². The second-order valence-electron chi connectivity index (χ2n) is 3.75. The molecule has 72 valence electrons. The molecule has 2 heteroatoms. The molecule has 0 aliphatic heterocycles. The number of methoxy groups -OCH3 is 1. The Morgan fingerprint density at radius 1 is 1.33 bits per heavy atom. The van der Waals surface area contributed by atoms with E-state index in [-0.39, 0.29) is 6.10 Å². The van der Waals surface area contributed by atoms with Gasteiger partial charge in [0.2, 0.25) is 0 Å². The molecule has 1 rings (SSSR count). The maximum Gasteiger partial charge on any atom is 0.0568 e. The Kier molecular flexibility index (Phi) is 4.62. The smallest absolute Gasteiger partial charge is 0.0568 e. The average Bonchev–Trinajstić information content (AvgIpc) is 2.86. The van der Waals surface area contributed by atoms with E-state index in [2.05, 4.69) is 0 Å². The van der Waals surface area contributed by atoms with E-state index in [1.807, 2.05) is 0 Å². The molecule has 0 saturated heterocycles. The van der Waals surface area contributed by atoms with Crippen molar-refractivity contribution in [2.75, 3.05) is 13.7 Å². The highest BCUT2D eigenvalue weighted by molar-refractivity contribution is 4.80. The van der Waals surface area contributed by atoms with Crippen molar-refractivity contribution < 1.29 is 9.84 Å². The summed E-state index contributed by atoms with van der Waals surface area (Å²) >= 11 is 0. The summed E-state index contributed by atoms with van der Waals surface area (Å²) in [5, 5.41) is 9.51. The van der Waals surface area contributed by atoms with Crippen LogP contribution >= 0.6 is 0 Å². The van der Waals surface area contributed by atoms with Crippen molar-refractivity contribution in [2.45, 2.75) is 44.6 Å². The summed E-state index contributed by atoms with van der Waals surface area (Å²) in [6, 6.07) is 0. The third kappa shape index (κ3) is 4.07. The molecule has 0 spiro atoms. The maximum atomic E-state index is 9.51. The molecule has 0 aromatic rings. The first-order valence-electron chi connectivity index (χ1n) is 5.01. The van der Waals surface area contributed by atoms with E-state index >= 15 is 0 Å². The van der Waals surface area contributed by atoms with Gasteiger partial charge in [0.1, 0.15) is 0 Å². The van der Waals surface area contributed by atoms with E-state index in [0.29, 0.717) is 5.92 Å². The van der Waals surface area contributed by atoms with Crippen LogP contribution < -0.4 is 0 Å². The first kappa shape index (κ1) is 10.0. The zero-order chi connectivity index (χ0) is 8.81. The fourth-order valence-electron chi connectivity index (χ4n) is 1.49. The molecule has 1 N–H and O–H groups in total. The topological polar surface area (TPSA) is 29.5 Å². The number of aliphatic hydroxyl groups is 1.